The molecule has 0 unspecified atom stereocenters. The molecule has 0 aromatic rings. The third-order valence-corrected chi connectivity index (χ3v) is 0.943. The third-order valence-electron chi connectivity index (χ3n) is 0.425. The van der Waals surface area contributed by atoms with Gasteiger partial charge in [0.15, 0.2) is 0 Å². The van der Waals surface area contributed by atoms with Gasteiger partial charge in [0.05, 0.1) is 0 Å². The van der Waals surface area contributed by atoms with Gasteiger partial charge in [0.25, 0.3) is 0 Å². The Morgan fingerprint density at radius 3 is 2.71 bits per heavy atom. The number of aliphatic imine (C=N–C) groups is 1. The molecular formula is C3H8N3Se. The van der Waals surface area contributed by atoms with Crippen molar-refractivity contribution < 1.29 is 0 Å². The predicted octanol–water partition coefficient (Wildman–Crippen LogP) is -1.01. The second-order valence-corrected chi connectivity index (χ2v) is 1.74. The van der Waals surface area contributed by atoms with Crippen LogP contribution in [-0.4, -0.2) is 27.3 Å². The van der Waals surface area contributed by atoms with Crippen LogP contribution in [0.15, 0.2) is 4.99 Å². The van der Waals surface area contributed by atoms with Crippen LogP contribution in [0.4, 0.5) is 0 Å². The van der Waals surface area contributed by atoms with Gasteiger partial charge in [-0.25, -0.2) is 0 Å². The molecule has 3 nitrogen and oxygen atoms in total. The zero-order valence-corrected chi connectivity index (χ0v) is 5.85. The van der Waals surface area contributed by atoms with Crippen LogP contribution in [0.25, 0.3) is 0 Å². The Labute approximate surface area is 51.2 Å². The molecule has 0 aliphatic carbocycles. The standard InChI is InChI=1S/C3H8N3Se/c1-2-5-3(7)6-4/h2,4H2,1H3,(H,5,6). The van der Waals surface area contributed by atoms with Crippen molar-refractivity contribution in [2.75, 3.05) is 6.54 Å². The molecule has 3 N–H and O–H groups in total. The molecule has 7 heavy (non-hydrogen) atoms. The number of nitrogens with two attached hydrogens (primary N) is 1. The van der Waals surface area contributed by atoms with Crippen molar-refractivity contribution in [2.45, 2.75) is 6.92 Å². The Kier molecular flexibility index (Phi) is 4.09. The monoisotopic (exact) mass is 166 g/mol. The first-order chi connectivity index (χ1) is 3.31. The normalized spacial score (nSPS) is 11.4. The Morgan fingerprint density at radius 1 is 2.00 bits per heavy atom. The van der Waals surface area contributed by atoms with Gasteiger partial charge in [0, 0.05) is 0 Å². The Balaban J connectivity index is 3.29. The molecule has 0 fully saturated rings. The summed E-state index contributed by atoms with van der Waals surface area (Å²) in [5.74, 6) is 4.95. The summed E-state index contributed by atoms with van der Waals surface area (Å²) >= 11 is 2.64. The van der Waals surface area contributed by atoms with Crippen LogP contribution in [0.5, 0.6) is 0 Å². The summed E-state index contributed by atoms with van der Waals surface area (Å²) in [6.07, 6.45) is 0. The fraction of sp³-hybridized carbons (Fsp3) is 0.667. The summed E-state index contributed by atoms with van der Waals surface area (Å²) in [7, 11) is 0. The van der Waals surface area contributed by atoms with Gasteiger partial charge in [-0.1, -0.05) is 0 Å². The van der Waals surface area contributed by atoms with Gasteiger partial charge in [-0.15, -0.1) is 0 Å². The maximum absolute atomic E-state index is 4.95. The van der Waals surface area contributed by atoms with E-state index in [1.807, 2.05) is 6.92 Å². The average molecular weight is 165 g/mol. The van der Waals surface area contributed by atoms with Gasteiger partial charge in [-0.05, 0) is 0 Å². The van der Waals surface area contributed by atoms with Crippen LogP contribution in [-0.2, 0) is 0 Å². The molecular weight excluding hydrogens is 157 g/mol. The van der Waals surface area contributed by atoms with Crippen molar-refractivity contribution in [3.05, 3.63) is 0 Å². The number of amidine groups is 1. The first-order valence-electron chi connectivity index (χ1n) is 1.99. The summed E-state index contributed by atoms with van der Waals surface area (Å²) in [6.45, 7) is 2.70. The van der Waals surface area contributed by atoms with Gasteiger partial charge in [-0.3, -0.25) is 0 Å². The molecule has 1 radical (unpaired) electrons. The predicted molar refractivity (Wildman–Crippen MR) is 31.1 cm³/mol. The summed E-state index contributed by atoms with van der Waals surface area (Å²) in [6, 6.07) is 0. The minimum atomic E-state index is 0.655. The van der Waals surface area contributed by atoms with E-state index in [-0.39, 0.29) is 0 Å². The molecule has 0 saturated carbocycles. The first-order valence-corrected chi connectivity index (χ1v) is 2.85. The van der Waals surface area contributed by atoms with E-state index in [0.29, 0.717) is 4.73 Å². The van der Waals surface area contributed by atoms with Crippen molar-refractivity contribution >= 4 is 20.7 Å². The molecule has 0 aliphatic rings. The summed E-state index contributed by atoms with van der Waals surface area (Å²) in [4.78, 5) is 3.87. The fourth-order valence-corrected chi connectivity index (χ4v) is 0.460. The molecule has 0 aliphatic heterocycles. The number of hydrogen-bond acceptors (Lipinski definition) is 2. The Bertz CT molecular complexity index is 70.6. The summed E-state index contributed by atoms with van der Waals surface area (Å²) in [5.41, 5.74) is 2.36. The zero-order chi connectivity index (χ0) is 5.70. The SMILES string of the molecule is CCN=C([Se])NN. The molecule has 0 saturated heterocycles. The molecule has 0 bridgehead atoms. The van der Waals surface area contributed by atoms with E-state index in [9.17, 15) is 0 Å². The molecule has 4 heteroatoms. The van der Waals surface area contributed by atoms with Gasteiger partial charge in [-0.2, -0.15) is 0 Å². The van der Waals surface area contributed by atoms with E-state index in [1.165, 1.54) is 0 Å². The van der Waals surface area contributed by atoms with E-state index in [0.717, 1.165) is 6.54 Å². The van der Waals surface area contributed by atoms with Gasteiger partial charge in [0.2, 0.25) is 0 Å². The van der Waals surface area contributed by atoms with Gasteiger partial charge >= 0.3 is 50.5 Å². The van der Waals surface area contributed by atoms with E-state index < -0.39 is 0 Å². The van der Waals surface area contributed by atoms with Crippen LogP contribution >= 0.6 is 0 Å². The second-order valence-electron chi connectivity index (χ2n) is 0.924. The fourth-order valence-electron chi connectivity index (χ4n) is 0.189. The molecule has 0 atom stereocenters. The van der Waals surface area contributed by atoms with Crippen LogP contribution in [0.1, 0.15) is 6.92 Å². The number of nitrogens with zero attached hydrogens (tertiary/aromatic N) is 1. The van der Waals surface area contributed by atoms with Crippen LogP contribution in [0, 0.1) is 0 Å². The van der Waals surface area contributed by atoms with E-state index >= 15 is 0 Å². The van der Waals surface area contributed by atoms with Crippen molar-refractivity contribution in [3.63, 3.8) is 0 Å². The first kappa shape index (κ1) is 6.95. The van der Waals surface area contributed by atoms with E-state index in [2.05, 4.69) is 26.4 Å². The molecule has 0 heterocycles. The second kappa shape index (κ2) is 4.12. The number of hydrazine groups is 1. The van der Waals surface area contributed by atoms with E-state index in [1.54, 1.807) is 0 Å². The average Bonchev–Trinajstić information content (AvgIpc) is 1.68. The minimum absolute atomic E-state index is 0.655. The number of nitrogens with one attached hydrogen (secondary N) is 1. The number of rotatable bonds is 1. The third kappa shape index (κ3) is 3.79. The molecule has 41 valence electrons. The molecule has 0 aromatic heterocycles. The van der Waals surface area contributed by atoms with Crippen LogP contribution in [0.3, 0.4) is 0 Å². The summed E-state index contributed by atoms with van der Waals surface area (Å²) in [5, 5.41) is 0. The zero-order valence-electron chi connectivity index (χ0n) is 4.14. The maximum atomic E-state index is 4.95. The van der Waals surface area contributed by atoms with E-state index in [4.69, 9.17) is 5.84 Å². The van der Waals surface area contributed by atoms with Gasteiger partial charge in [0.1, 0.15) is 0 Å². The van der Waals surface area contributed by atoms with Crippen molar-refractivity contribution in [3.8, 4) is 0 Å². The van der Waals surface area contributed by atoms with Crippen molar-refractivity contribution in [1.82, 2.24) is 5.43 Å². The topological polar surface area (TPSA) is 50.4 Å². The molecule has 0 rings (SSSR count). The Morgan fingerprint density at radius 2 is 2.57 bits per heavy atom. The van der Waals surface area contributed by atoms with Crippen LogP contribution in [0.2, 0.25) is 0 Å². The summed E-state index contributed by atoms with van der Waals surface area (Å²) < 4.78 is 0.655. The molecule has 0 aromatic carbocycles. The van der Waals surface area contributed by atoms with Crippen LogP contribution < -0.4 is 11.3 Å². The molecule has 0 amide bonds. The van der Waals surface area contributed by atoms with Gasteiger partial charge < -0.3 is 0 Å². The molecule has 0 spiro atoms. The quantitative estimate of drug-likeness (QED) is 0.172. The van der Waals surface area contributed by atoms with Crippen molar-refractivity contribution in [2.24, 2.45) is 10.8 Å². The number of hydrogen-bond donors (Lipinski definition) is 2. The van der Waals surface area contributed by atoms with Crippen molar-refractivity contribution in [1.29, 1.82) is 0 Å². The Hall–Kier alpha value is -0.0505.